The van der Waals surface area contributed by atoms with E-state index in [1.165, 1.54) is 16.7 Å². The third kappa shape index (κ3) is 1.86. The Bertz CT molecular complexity index is 505. The molecule has 0 heteroatoms. The van der Waals surface area contributed by atoms with Crippen LogP contribution in [0.25, 0.3) is 0 Å². The van der Waals surface area contributed by atoms with Crippen molar-refractivity contribution < 1.29 is 0 Å². The van der Waals surface area contributed by atoms with E-state index >= 15 is 0 Å². The molecule has 0 aliphatic heterocycles. The maximum absolute atomic E-state index is 4.11. The van der Waals surface area contributed by atoms with Crippen molar-refractivity contribution >= 4 is 0 Å². The minimum absolute atomic E-state index is 0.0502. The van der Waals surface area contributed by atoms with Crippen molar-refractivity contribution in [2.75, 3.05) is 0 Å². The van der Waals surface area contributed by atoms with Crippen LogP contribution in [0.5, 0.6) is 0 Å². The highest BCUT2D eigenvalue weighted by Crippen LogP contribution is 2.42. The van der Waals surface area contributed by atoms with Gasteiger partial charge in [0.1, 0.15) is 0 Å². The summed E-state index contributed by atoms with van der Waals surface area (Å²) < 4.78 is 0. The highest BCUT2D eigenvalue weighted by molar-refractivity contribution is 5.47. The standard InChI is InChI=1S/C18H22/c1-5-16-11-7-8-12-17(16)18(6-2)13-9-10-14(3)15(18)4/h6-13,15H,2,5H2,1,3-4H3. The molecule has 2 atom stereocenters. The first kappa shape index (κ1) is 12.9. The van der Waals surface area contributed by atoms with Crippen LogP contribution in [0.1, 0.15) is 31.9 Å². The fraction of sp³-hybridized carbons (Fsp3) is 0.333. The van der Waals surface area contributed by atoms with Gasteiger partial charge < -0.3 is 0 Å². The Kier molecular flexibility index (Phi) is 3.56. The van der Waals surface area contributed by atoms with Crippen LogP contribution in [0.3, 0.4) is 0 Å². The Morgan fingerprint density at radius 3 is 2.72 bits per heavy atom. The number of rotatable bonds is 3. The number of hydrogen-bond acceptors (Lipinski definition) is 0. The Morgan fingerprint density at radius 1 is 1.33 bits per heavy atom. The summed E-state index contributed by atoms with van der Waals surface area (Å²) in [6.07, 6.45) is 9.85. The monoisotopic (exact) mass is 238 g/mol. The van der Waals surface area contributed by atoms with Crippen LogP contribution in [0.2, 0.25) is 0 Å². The zero-order chi connectivity index (χ0) is 13.2. The van der Waals surface area contributed by atoms with E-state index in [2.05, 4.69) is 75.9 Å². The van der Waals surface area contributed by atoms with Crippen molar-refractivity contribution in [3.05, 3.63) is 71.8 Å². The van der Waals surface area contributed by atoms with Gasteiger partial charge in [-0.15, -0.1) is 6.58 Å². The van der Waals surface area contributed by atoms with Gasteiger partial charge in [-0.25, -0.2) is 0 Å². The van der Waals surface area contributed by atoms with E-state index in [0.717, 1.165) is 6.42 Å². The summed E-state index contributed by atoms with van der Waals surface area (Å²) in [4.78, 5) is 0. The molecule has 0 saturated carbocycles. The van der Waals surface area contributed by atoms with E-state index in [9.17, 15) is 0 Å². The van der Waals surface area contributed by atoms with Crippen LogP contribution < -0.4 is 0 Å². The van der Waals surface area contributed by atoms with Crippen LogP contribution in [0.15, 0.2) is 60.7 Å². The van der Waals surface area contributed by atoms with E-state index in [1.54, 1.807) is 0 Å². The number of hydrogen-bond donors (Lipinski definition) is 0. The molecule has 1 aromatic rings. The van der Waals surface area contributed by atoms with Gasteiger partial charge in [0.05, 0.1) is 0 Å². The fourth-order valence-electron chi connectivity index (χ4n) is 2.95. The molecular weight excluding hydrogens is 216 g/mol. The van der Waals surface area contributed by atoms with Crippen LogP contribution >= 0.6 is 0 Å². The number of allylic oxidation sites excluding steroid dienone is 5. The lowest BCUT2D eigenvalue weighted by Gasteiger charge is -2.38. The molecule has 0 amide bonds. The van der Waals surface area contributed by atoms with Gasteiger partial charge in [0, 0.05) is 5.41 Å². The summed E-state index contributed by atoms with van der Waals surface area (Å²) >= 11 is 0. The molecule has 1 aliphatic rings. The van der Waals surface area contributed by atoms with Gasteiger partial charge in [-0.2, -0.15) is 0 Å². The quantitative estimate of drug-likeness (QED) is 0.662. The number of benzene rings is 1. The summed E-state index contributed by atoms with van der Waals surface area (Å²) in [5.41, 5.74) is 4.19. The Morgan fingerprint density at radius 2 is 2.06 bits per heavy atom. The molecule has 18 heavy (non-hydrogen) atoms. The van der Waals surface area contributed by atoms with Crippen molar-refractivity contribution in [1.82, 2.24) is 0 Å². The molecule has 0 N–H and O–H groups in total. The van der Waals surface area contributed by atoms with E-state index in [4.69, 9.17) is 0 Å². The zero-order valence-electron chi connectivity index (χ0n) is 11.6. The van der Waals surface area contributed by atoms with E-state index in [0.29, 0.717) is 5.92 Å². The molecule has 0 heterocycles. The van der Waals surface area contributed by atoms with Gasteiger partial charge in [-0.1, -0.05) is 68.0 Å². The van der Waals surface area contributed by atoms with Gasteiger partial charge in [-0.05, 0) is 30.4 Å². The second-order valence-electron chi connectivity index (χ2n) is 5.14. The summed E-state index contributed by atoms with van der Waals surface area (Å²) in [5.74, 6) is 0.465. The molecule has 1 aliphatic carbocycles. The van der Waals surface area contributed by atoms with Gasteiger partial charge in [0.15, 0.2) is 0 Å². The molecule has 0 nitrogen and oxygen atoms in total. The first-order valence-corrected chi connectivity index (χ1v) is 6.73. The predicted molar refractivity (Wildman–Crippen MR) is 79.8 cm³/mol. The predicted octanol–water partition coefficient (Wildman–Crippen LogP) is 4.83. The largest absolute Gasteiger partial charge is 0.102 e. The van der Waals surface area contributed by atoms with Crippen molar-refractivity contribution in [2.45, 2.75) is 32.6 Å². The minimum atomic E-state index is -0.0502. The summed E-state index contributed by atoms with van der Waals surface area (Å²) in [5, 5.41) is 0. The molecule has 0 fully saturated rings. The summed E-state index contributed by atoms with van der Waals surface area (Å²) in [6, 6.07) is 8.74. The third-order valence-electron chi connectivity index (χ3n) is 4.33. The zero-order valence-corrected chi connectivity index (χ0v) is 11.6. The first-order valence-electron chi connectivity index (χ1n) is 6.73. The molecule has 2 unspecified atom stereocenters. The normalized spacial score (nSPS) is 26.8. The summed E-state index contributed by atoms with van der Waals surface area (Å²) in [7, 11) is 0. The highest BCUT2D eigenvalue weighted by atomic mass is 14.4. The lowest BCUT2D eigenvalue weighted by molar-refractivity contribution is 0.482. The molecule has 0 spiro atoms. The third-order valence-corrected chi connectivity index (χ3v) is 4.33. The summed E-state index contributed by atoms with van der Waals surface area (Å²) in [6.45, 7) is 10.8. The Labute approximate surface area is 111 Å². The van der Waals surface area contributed by atoms with Crippen LogP contribution in [-0.2, 0) is 11.8 Å². The van der Waals surface area contributed by atoms with E-state index in [1.807, 2.05) is 0 Å². The Hall–Kier alpha value is -1.56. The molecule has 2 rings (SSSR count). The molecule has 0 aromatic heterocycles. The lowest BCUT2D eigenvalue weighted by Crippen LogP contribution is -2.32. The SMILES string of the molecule is C=CC1(c2ccccc2CC)C=CC=C(C)C1C. The smallest absolute Gasteiger partial charge is 0.0378 e. The van der Waals surface area contributed by atoms with E-state index in [-0.39, 0.29) is 5.41 Å². The maximum Gasteiger partial charge on any atom is 0.0378 e. The van der Waals surface area contributed by atoms with Crippen molar-refractivity contribution in [2.24, 2.45) is 5.92 Å². The van der Waals surface area contributed by atoms with Crippen LogP contribution in [0, 0.1) is 5.92 Å². The number of aryl methyl sites for hydroxylation is 1. The van der Waals surface area contributed by atoms with Gasteiger partial charge in [0.25, 0.3) is 0 Å². The second kappa shape index (κ2) is 4.97. The first-order chi connectivity index (χ1) is 8.65. The topological polar surface area (TPSA) is 0 Å². The average molecular weight is 238 g/mol. The molecule has 0 bridgehead atoms. The van der Waals surface area contributed by atoms with Crippen molar-refractivity contribution in [3.63, 3.8) is 0 Å². The highest BCUT2D eigenvalue weighted by Gasteiger charge is 2.35. The second-order valence-corrected chi connectivity index (χ2v) is 5.14. The van der Waals surface area contributed by atoms with Crippen molar-refractivity contribution in [1.29, 1.82) is 0 Å². The minimum Gasteiger partial charge on any atom is -0.102 e. The molecule has 94 valence electrons. The van der Waals surface area contributed by atoms with Gasteiger partial charge >= 0.3 is 0 Å². The Balaban J connectivity index is 2.61. The molecule has 1 aromatic carbocycles. The van der Waals surface area contributed by atoms with E-state index < -0.39 is 0 Å². The van der Waals surface area contributed by atoms with Gasteiger partial charge in [-0.3, -0.25) is 0 Å². The molecule has 0 saturated heterocycles. The molecular formula is C18H22. The lowest BCUT2D eigenvalue weighted by atomic mass is 9.65. The maximum atomic E-state index is 4.11. The average Bonchev–Trinajstić information content (AvgIpc) is 2.42. The van der Waals surface area contributed by atoms with Gasteiger partial charge in [0.2, 0.25) is 0 Å². The fourth-order valence-corrected chi connectivity index (χ4v) is 2.95. The molecule has 0 radical (unpaired) electrons. The van der Waals surface area contributed by atoms with Crippen LogP contribution in [-0.4, -0.2) is 0 Å². The van der Waals surface area contributed by atoms with Crippen LogP contribution in [0.4, 0.5) is 0 Å². The van der Waals surface area contributed by atoms with Crippen molar-refractivity contribution in [3.8, 4) is 0 Å².